The van der Waals surface area contributed by atoms with Gasteiger partial charge in [0.05, 0.1) is 18.1 Å². The van der Waals surface area contributed by atoms with Crippen LogP contribution >= 0.6 is 0 Å². The molecule has 0 saturated carbocycles. The number of likely N-dealkylation sites (tertiary alicyclic amines) is 1. The van der Waals surface area contributed by atoms with Crippen molar-refractivity contribution in [1.29, 1.82) is 0 Å². The van der Waals surface area contributed by atoms with Crippen molar-refractivity contribution >= 4 is 23.9 Å². The number of carbonyl (C=O) groups is 4. The van der Waals surface area contributed by atoms with Gasteiger partial charge in [0.1, 0.15) is 5.76 Å². The van der Waals surface area contributed by atoms with Gasteiger partial charge in [0.2, 0.25) is 12.2 Å². The molecule has 2 bridgehead atoms. The van der Waals surface area contributed by atoms with Gasteiger partial charge >= 0.3 is 23.9 Å². The summed E-state index contributed by atoms with van der Waals surface area (Å²) in [4.78, 5) is 50.4. The van der Waals surface area contributed by atoms with Gasteiger partial charge < -0.3 is 38.8 Å². The molecular formula is C26H29NO11. The van der Waals surface area contributed by atoms with Crippen molar-refractivity contribution < 1.29 is 53.1 Å². The van der Waals surface area contributed by atoms with Crippen molar-refractivity contribution in [3.05, 3.63) is 35.1 Å². The molecule has 12 nitrogen and oxygen atoms in total. The van der Waals surface area contributed by atoms with Crippen molar-refractivity contribution in [1.82, 2.24) is 4.90 Å². The molecule has 0 amide bonds. The Labute approximate surface area is 218 Å². The highest BCUT2D eigenvalue weighted by Crippen LogP contribution is 2.65. The Morgan fingerprint density at radius 3 is 2.45 bits per heavy atom. The van der Waals surface area contributed by atoms with Crippen LogP contribution in [-0.4, -0.2) is 89.6 Å². The van der Waals surface area contributed by atoms with E-state index in [1.807, 2.05) is 13.1 Å². The maximum absolute atomic E-state index is 13.3. The van der Waals surface area contributed by atoms with Gasteiger partial charge in [0, 0.05) is 31.9 Å². The van der Waals surface area contributed by atoms with Gasteiger partial charge in [-0.15, -0.1) is 0 Å². The molecule has 12 heteroatoms. The smallest absolute Gasteiger partial charge is 0.357 e. The Morgan fingerprint density at radius 1 is 1.13 bits per heavy atom. The number of carbonyl (C=O) groups excluding carboxylic acids is 3. The van der Waals surface area contributed by atoms with E-state index in [0.29, 0.717) is 30.9 Å². The maximum atomic E-state index is 13.3. The lowest BCUT2D eigenvalue weighted by molar-refractivity contribution is -0.190. The number of ether oxygens (including phenoxy) is 5. The number of carboxylic acid groups (broad SMARTS) is 1. The summed E-state index contributed by atoms with van der Waals surface area (Å²) in [6.45, 7) is 2.59. The molecule has 4 aliphatic rings. The largest absolute Gasteiger partial charge is 0.493 e. The Balaban J connectivity index is 1.56. The van der Waals surface area contributed by atoms with Crippen molar-refractivity contribution in [2.24, 2.45) is 0 Å². The number of benzene rings is 1. The molecule has 6 atom stereocenters. The molecule has 2 heterocycles. The number of methoxy groups -OCH3 is 1. The minimum Gasteiger partial charge on any atom is -0.493 e. The van der Waals surface area contributed by atoms with Crippen molar-refractivity contribution in [2.75, 3.05) is 20.7 Å². The third-order valence-corrected chi connectivity index (χ3v) is 8.11. The molecule has 38 heavy (non-hydrogen) atoms. The quantitative estimate of drug-likeness (QED) is 0.371. The van der Waals surface area contributed by atoms with Gasteiger partial charge in [0.25, 0.3) is 0 Å². The normalized spacial score (nSPS) is 30.1. The van der Waals surface area contributed by atoms with Crippen molar-refractivity contribution in [3.8, 4) is 11.5 Å². The number of esters is 3. The molecule has 1 aromatic carbocycles. The summed E-state index contributed by atoms with van der Waals surface area (Å²) in [6.07, 6.45) is -2.38. The fourth-order valence-corrected chi connectivity index (χ4v) is 6.59. The first kappa shape index (κ1) is 26.0. The molecule has 0 unspecified atom stereocenters. The van der Waals surface area contributed by atoms with Gasteiger partial charge in [-0.25, -0.2) is 9.59 Å². The summed E-state index contributed by atoms with van der Waals surface area (Å²) in [5, 5.41) is 21.8. The summed E-state index contributed by atoms with van der Waals surface area (Å²) in [5.41, 5.74) is -0.404. The van der Waals surface area contributed by atoms with E-state index in [-0.39, 0.29) is 18.2 Å². The average molecular weight is 532 g/mol. The van der Waals surface area contributed by atoms with Crippen molar-refractivity contribution in [2.45, 2.75) is 68.5 Å². The first-order chi connectivity index (χ1) is 17.9. The Bertz CT molecular complexity index is 1260. The summed E-state index contributed by atoms with van der Waals surface area (Å²) >= 11 is 0. The second-order valence-corrected chi connectivity index (χ2v) is 10.1. The lowest BCUT2D eigenvalue weighted by Crippen LogP contribution is -2.74. The first-order valence-electron chi connectivity index (χ1n) is 12.2. The number of carboxylic acids is 1. The van der Waals surface area contributed by atoms with Crippen LogP contribution in [0.1, 0.15) is 37.8 Å². The highest BCUT2D eigenvalue weighted by molar-refractivity contribution is 5.88. The number of likely N-dealkylation sites (N-methyl/N-ethyl adjacent to an activating group) is 1. The zero-order valence-electron chi connectivity index (χ0n) is 21.4. The topological polar surface area (TPSA) is 158 Å². The lowest BCUT2D eigenvalue weighted by Gasteiger charge is -2.61. The summed E-state index contributed by atoms with van der Waals surface area (Å²) in [7, 11) is 3.47. The average Bonchev–Trinajstić information content (AvgIpc) is 3.20. The first-order valence-corrected chi connectivity index (χ1v) is 12.2. The number of piperidine rings is 1. The predicted molar refractivity (Wildman–Crippen MR) is 126 cm³/mol. The fourth-order valence-electron chi connectivity index (χ4n) is 6.59. The molecule has 0 aromatic heterocycles. The standard InChI is InChI=1S/C26H29NO11/c1-12(28)35-20(23(30)31)21(36-13(2)29)24(32)37-16-7-8-26(33)17-11-14-5-6-15(34-4)19-18(14)25(26,22(16)38-19)9-10-27(17)3/h5-7,17,20-22,33H,8-11H2,1-4H3,(H,30,31)/t17-,20+,21+,22+,25+,26-/m0/s1. The molecule has 1 fully saturated rings. The predicted octanol–water partition coefficient (Wildman–Crippen LogP) is 0.464. The van der Waals surface area contributed by atoms with Gasteiger partial charge in [-0.1, -0.05) is 6.07 Å². The molecule has 2 aliphatic carbocycles. The minimum absolute atomic E-state index is 0.0400. The summed E-state index contributed by atoms with van der Waals surface area (Å²) in [6, 6.07) is 3.52. The molecule has 1 saturated heterocycles. The van der Waals surface area contributed by atoms with Crippen LogP contribution in [0.25, 0.3) is 0 Å². The van der Waals surface area contributed by atoms with Gasteiger partial charge in [-0.2, -0.15) is 0 Å². The lowest BCUT2D eigenvalue weighted by atomic mass is 9.50. The highest BCUT2D eigenvalue weighted by atomic mass is 16.6. The zero-order chi connectivity index (χ0) is 27.6. The second-order valence-electron chi connectivity index (χ2n) is 10.1. The number of hydrogen-bond donors (Lipinski definition) is 2. The molecule has 0 radical (unpaired) electrons. The van der Waals surface area contributed by atoms with Crippen LogP contribution in [0.5, 0.6) is 11.5 Å². The van der Waals surface area contributed by atoms with Crippen molar-refractivity contribution in [3.63, 3.8) is 0 Å². The molecule has 2 N–H and O–H groups in total. The van der Waals surface area contributed by atoms with Crippen LogP contribution in [0.3, 0.4) is 0 Å². The van der Waals surface area contributed by atoms with Gasteiger partial charge in [-0.3, -0.25) is 9.59 Å². The van der Waals surface area contributed by atoms with E-state index in [4.69, 9.17) is 23.7 Å². The zero-order valence-corrected chi connectivity index (χ0v) is 21.4. The second kappa shape index (κ2) is 8.98. The van der Waals surface area contributed by atoms with E-state index in [2.05, 4.69) is 4.90 Å². The number of rotatable bonds is 7. The van der Waals surface area contributed by atoms with Gasteiger partial charge in [0.15, 0.2) is 17.6 Å². The Hall–Kier alpha value is -3.64. The molecular weight excluding hydrogens is 502 g/mol. The van der Waals surface area contributed by atoms with E-state index in [1.165, 1.54) is 7.11 Å². The summed E-state index contributed by atoms with van der Waals surface area (Å²) < 4.78 is 27.3. The van der Waals surface area contributed by atoms with Crippen LogP contribution in [0.2, 0.25) is 0 Å². The molecule has 5 rings (SSSR count). The number of aliphatic hydroxyl groups is 1. The van der Waals surface area contributed by atoms with Gasteiger partial charge in [-0.05, 0) is 44.1 Å². The molecule has 204 valence electrons. The minimum atomic E-state index is -2.13. The highest BCUT2D eigenvalue weighted by Gasteiger charge is 2.72. The Kier molecular flexibility index (Phi) is 6.14. The van der Waals surface area contributed by atoms with Crippen LogP contribution in [0.4, 0.5) is 0 Å². The summed E-state index contributed by atoms with van der Waals surface area (Å²) in [5.74, 6) is -3.94. The van der Waals surface area contributed by atoms with E-state index in [1.54, 1.807) is 12.1 Å². The van der Waals surface area contributed by atoms with E-state index < -0.39 is 53.2 Å². The fraction of sp³-hybridized carbons (Fsp3) is 0.538. The van der Waals surface area contributed by atoms with E-state index in [9.17, 15) is 29.4 Å². The van der Waals surface area contributed by atoms with Crippen LogP contribution in [0, 0.1) is 0 Å². The monoisotopic (exact) mass is 531 g/mol. The molecule has 2 aliphatic heterocycles. The van der Waals surface area contributed by atoms with Crippen LogP contribution in [-0.2, 0) is 45.2 Å². The van der Waals surface area contributed by atoms with Crippen LogP contribution in [0.15, 0.2) is 24.0 Å². The number of aliphatic carboxylic acids is 1. The number of hydrogen-bond acceptors (Lipinski definition) is 11. The maximum Gasteiger partial charge on any atom is 0.357 e. The van der Waals surface area contributed by atoms with E-state index in [0.717, 1.165) is 25.0 Å². The Morgan fingerprint density at radius 2 is 1.82 bits per heavy atom. The van der Waals surface area contributed by atoms with E-state index >= 15 is 0 Å². The molecule has 1 aromatic rings. The number of nitrogens with zero attached hydrogens (tertiary/aromatic N) is 1. The molecule has 1 spiro atoms. The van der Waals surface area contributed by atoms with Crippen LogP contribution < -0.4 is 9.47 Å². The third kappa shape index (κ3) is 3.57. The SMILES string of the molecule is COc1ccc2c3c1O[C@@H]1C(OC(=O)[C@H](OC(C)=O)[C@@H](OC(C)=O)C(=O)O)=CC[C@]4(O)[C@H](C2)N(C)CC[C@@]314. The third-order valence-electron chi connectivity index (χ3n) is 8.11.